The highest BCUT2D eigenvalue weighted by Crippen LogP contribution is 2.31. The van der Waals surface area contributed by atoms with Gasteiger partial charge in [0.15, 0.2) is 10.9 Å². The molecule has 0 spiro atoms. The van der Waals surface area contributed by atoms with Gasteiger partial charge in [0.1, 0.15) is 11.3 Å². The average molecular weight is 534 g/mol. The van der Waals surface area contributed by atoms with E-state index in [1.54, 1.807) is 24.3 Å². The average Bonchev–Trinajstić information content (AvgIpc) is 3.36. The number of furan rings is 1. The standard InChI is InChI=1S/C22H18BrClN4O3S/c1-3-8-28-21(19-10-13-9-14(23)4-6-17(13)31-19)26-27-22(28)32-12-20(29)25-16-11-15(24)5-7-18(16)30-2/h3-7,9-11H,1,8,12H2,2H3,(H,25,29). The summed E-state index contributed by atoms with van der Waals surface area (Å²) in [6.07, 6.45) is 1.74. The van der Waals surface area contributed by atoms with E-state index in [9.17, 15) is 4.79 Å². The van der Waals surface area contributed by atoms with Crippen LogP contribution in [-0.2, 0) is 11.3 Å². The van der Waals surface area contributed by atoms with Crippen LogP contribution in [0.2, 0.25) is 5.02 Å². The molecule has 2 aromatic heterocycles. The highest BCUT2D eigenvalue weighted by atomic mass is 79.9. The molecule has 0 radical (unpaired) electrons. The number of amides is 1. The van der Waals surface area contributed by atoms with E-state index in [4.69, 9.17) is 20.8 Å². The first-order chi connectivity index (χ1) is 15.5. The second-order valence-electron chi connectivity index (χ2n) is 6.68. The van der Waals surface area contributed by atoms with Crippen molar-refractivity contribution in [2.45, 2.75) is 11.7 Å². The zero-order valence-electron chi connectivity index (χ0n) is 17.0. The Balaban J connectivity index is 1.53. The van der Waals surface area contributed by atoms with Gasteiger partial charge in [-0.05, 0) is 42.5 Å². The van der Waals surface area contributed by atoms with E-state index in [0.717, 1.165) is 15.4 Å². The SMILES string of the molecule is C=CCn1c(SCC(=O)Nc2cc(Cl)ccc2OC)nnc1-c1cc2cc(Br)ccc2o1. The molecule has 10 heteroatoms. The minimum absolute atomic E-state index is 0.123. The van der Waals surface area contributed by atoms with Crippen molar-refractivity contribution in [3.8, 4) is 17.3 Å². The van der Waals surface area contributed by atoms with E-state index in [-0.39, 0.29) is 11.7 Å². The molecule has 4 aromatic rings. The number of anilines is 1. The normalized spacial score (nSPS) is 11.0. The third-order valence-electron chi connectivity index (χ3n) is 4.50. The number of nitrogens with zero attached hydrogens (tertiary/aromatic N) is 3. The second kappa shape index (κ2) is 9.81. The Kier molecular flexibility index (Phi) is 6.88. The highest BCUT2D eigenvalue weighted by molar-refractivity contribution is 9.10. The number of halogens is 2. The molecule has 2 aromatic carbocycles. The van der Waals surface area contributed by atoms with Crippen molar-refractivity contribution in [2.75, 3.05) is 18.2 Å². The summed E-state index contributed by atoms with van der Waals surface area (Å²) in [4.78, 5) is 12.5. The van der Waals surface area contributed by atoms with Crippen LogP contribution < -0.4 is 10.1 Å². The van der Waals surface area contributed by atoms with Crippen molar-refractivity contribution >= 4 is 61.9 Å². The molecule has 0 saturated carbocycles. The predicted octanol–water partition coefficient (Wildman–Crippen LogP) is 6.03. The number of thioether (sulfide) groups is 1. The monoisotopic (exact) mass is 532 g/mol. The van der Waals surface area contributed by atoms with Crippen molar-refractivity contribution in [2.24, 2.45) is 0 Å². The summed E-state index contributed by atoms with van der Waals surface area (Å²) < 4.78 is 14.0. The van der Waals surface area contributed by atoms with E-state index in [1.807, 2.05) is 28.8 Å². The fraction of sp³-hybridized carbons (Fsp3) is 0.136. The fourth-order valence-electron chi connectivity index (χ4n) is 3.09. The molecule has 0 fully saturated rings. The van der Waals surface area contributed by atoms with Gasteiger partial charge in [-0.3, -0.25) is 9.36 Å². The molecule has 1 N–H and O–H groups in total. The van der Waals surface area contributed by atoms with E-state index >= 15 is 0 Å². The second-order valence-corrected chi connectivity index (χ2v) is 8.97. The number of fused-ring (bicyclic) bond motifs is 1. The molecule has 0 aliphatic rings. The van der Waals surface area contributed by atoms with Crippen LogP contribution >= 0.6 is 39.3 Å². The van der Waals surface area contributed by atoms with Gasteiger partial charge in [0.2, 0.25) is 11.7 Å². The van der Waals surface area contributed by atoms with Gasteiger partial charge < -0.3 is 14.5 Å². The molecular formula is C22H18BrClN4O3S. The quantitative estimate of drug-likeness (QED) is 0.220. The van der Waals surface area contributed by atoms with E-state index in [0.29, 0.717) is 39.7 Å². The van der Waals surface area contributed by atoms with Gasteiger partial charge in [-0.1, -0.05) is 45.4 Å². The summed E-state index contributed by atoms with van der Waals surface area (Å²) in [6.45, 7) is 4.28. The van der Waals surface area contributed by atoms with Gasteiger partial charge in [0.25, 0.3) is 0 Å². The third kappa shape index (κ3) is 4.85. The van der Waals surface area contributed by atoms with Crippen LogP contribution in [0, 0.1) is 0 Å². The maximum Gasteiger partial charge on any atom is 0.234 e. The first kappa shape index (κ1) is 22.4. The smallest absolute Gasteiger partial charge is 0.234 e. The number of allylic oxidation sites excluding steroid dienone is 1. The minimum Gasteiger partial charge on any atom is -0.495 e. The van der Waals surface area contributed by atoms with Crippen LogP contribution in [-0.4, -0.2) is 33.5 Å². The molecule has 0 atom stereocenters. The van der Waals surface area contributed by atoms with Crippen LogP contribution in [0.3, 0.4) is 0 Å². The summed E-state index contributed by atoms with van der Waals surface area (Å²) >= 11 is 10.8. The zero-order valence-corrected chi connectivity index (χ0v) is 20.1. The van der Waals surface area contributed by atoms with Crippen molar-refractivity contribution in [1.29, 1.82) is 0 Å². The Morgan fingerprint density at radius 2 is 2.16 bits per heavy atom. The van der Waals surface area contributed by atoms with Gasteiger partial charge in [0, 0.05) is 21.4 Å². The Labute approximate surface area is 201 Å². The first-order valence-corrected chi connectivity index (χ1v) is 11.6. The molecule has 32 heavy (non-hydrogen) atoms. The van der Waals surface area contributed by atoms with Gasteiger partial charge in [-0.25, -0.2) is 0 Å². The summed E-state index contributed by atoms with van der Waals surface area (Å²) in [5.74, 6) is 1.59. The number of benzene rings is 2. The Morgan fingerprint density at radius 1 is 1.31 bits per heavy atom. The van der Waals surface area contributed by atoms with E-state index < -0.39 is 0 Å². The van der Waals surface area contributed by atoms with Crippen LogP contribution in [0.4, 0.5) is 5.69 Å². The Bertz CT molecular complexity index is 1300. The fourth-order valence-corrected chi connectivity index (χ4v) is 4.39. The lowest BCUT2D eigenvalue weighted by Crippen LogP contribution is -2.15. The molecule has 7 nitrogen and oxygen atoms in total. The van der Waals surface area contributed by atoms with Crippen LogP contribution in [0.1, 0.15) is 0 Å². The third-order valence-corrected chi connectivity index (χ3v) is 6.19. The lowest BCUT2D eigenvalue weighted by molar-refractivity contribution is -0.113. The number of carbonyl (C=O) groups excluding carboxylic acids is 1. The molecule has 1 amide bonds. The highest BCUT2D eigenvalue weighted by Gasteiger charge is 2.19. The van der Waals surface area contributed by atoms with Crippen molar-refractivity contribution in [3.05, 3.63) is 64.6 Å². The van der Waals surface area contributed by atoms with Crippen molar-refractivity contribution < 1.29 is 13.9 Å². The number of nitrogens with one attached hydrogen (secondary N) is 1. The molecule has 0 saturated heterocycles. The summed E-state index contributed by atoms with van der Waals surface area (Å²) in [6, 6.07) is 12.7. The van der Waals surface area contributed by atoms with E-state index in [2.05, 4.69) is 38.0 Å². The lowest BCUT2D eigenvalue weighted by Gasteiger charge is -2.10. The van der Waals surface area contributed by atoms with Crippen molar-refractivity contribution in [3.63, 3.8) is 0 Å². The topological polar surface area (TPSA) is 82.2 Å². The summed E-state index contributed by atoms with van der Waals surface area (Å²) in [5, 5.41) is 13.4. The number of hydrogen-bond acceptors (Lipinski definition) is 6. The number of hydrogen-bond donors (Lipinski definition) is 1. The van der Waals surface area contributed by atoms with Crippen molar-refractivity contribution in [1.82, 2.24) is 14.8 Å². The molecule has 0 aliphatic carbocycles. The molecule has 164 valence electrons. The molecular weight excluding hydrogens is 516 g/mol. The van der Waals surface area contributed by atoms with E-state index in [1.165, 1.54) is 18.9 Å². The van der Waals surface area contributed by atoms with Gasteiger partial charge in [-0.15, -0.1) is 16.8 Å². The number of aromatic nitrogens is 3. The molecule has 2 heterocycles. The maximum atomic E-state index is 12.5. The maximum absolute atomic E-state index is 12.5. The largest absolute Gasteiger partial charge is 0.495 e. The number of carbonyl (C=O) groups is 1. The molecule has 0 bridgehead atoms. The van der Waals surface area contributed by atoms with Gasteiger partial charge in [0.05, 0.1) is 18.6 Å². The first-order valence-electron chi connectivity index (χ1n) is 9.48. The summed E-state index contributed by atoms with van der Waals surface area (Å²) in [7, 11) is 1.53. The molecule has 0 aliphatic heterocycles. The zero-order chi connectivity index (χ0) is 22.7. The number of rotatable bonds is 8. The van der Waals surface area contributed by atoms with Gasteiger partial charge in [-0.2, -0.15) is 0 Å². The number of ether oxygens (including phenoxy) is 1. The minimum atomic E-state index is -0.223. The van der Waals surface area contributed by atoms with Gasteiger partial charge >= 0.3 is 0 Å². The van der Waals surface area contributed by atoms with Crippen LogP contribution in [0.15, 0.2) is 69.2 Å². The lowest BCUT2D eigenvalue weighted by atomic mass is 10.2. The molecule has 4 rings (SSSR count). The summed E-state index contributed by atoms with van der Waals surface area (Å²) in [5.41, 5.74) is 1.26. The number of methoxy groups -OCH3 is 1. The molecule has 0 unspecified atom stereocenters. The Morgan fingerprint density at radius 3 is 2.94 bits per heavy atom. The predicted molar refractivity (Wildman–Crippen MR) is 130 cm³/mol. The van der Waals surface area contributed by atoms with Crippen LogP contribution in [0.5, 0.6) is 5.75 Å². The Hall–Kier alpha value is -2.75. The van der Waals surface area contributed by atoms with Crippen LogP contribution in [0.25, 0.3) is 22.6 Å².